The molecule has 1 aromatic carbocycles. The highest BCUT2D eigenvalue weighted by molar-refractivity contribution is 6.28. The summed E-state index contributed by atoms with van der Waals surface area (Å²) in [4.78, 5) is 11.7. The minimum Gasteiger partial charge on any atom is -0.366 e. The van der Waals surface area contributed by atoms with Crippen molar-refractivity contribution in [1.82, 2.24) is 19.5 Å². The predicted molar refractivity (Wildman–Crippen MR) is 92.8 cm³/mol. The van der Waals surface area contributed by atoms with E-state index >= 15 is 0 Å². The number of imidazole rings is 1. The average molecular weight is 382 g/mol. The summed E-state index contributed by atoms with van der Waals surface area (Å²) in [6.07, 6.45) is -1.86. The number of aryl methyl sites for hydroxylation is 2. The lowest BCUT2D eigenvalue weighted by molar-refractivity contribution is -0.140. The standard InChI is InChI=1S/C17H15ClF3N5/c1-10-7-23-16(18)25-14(10)22-8-11-3-5-12(6-4-11)15-24-13(9-26(15)2)17(19,20)21/h3-7,9H,8H2,1-2H3,(H,22,23,25). The van der Waals surface area contributed by atoms with Gasteiger partial charge in [0.15, 0.2) is 5.69 Å². The summed E-state index contributed by atoms with van der Waals surface area (Å²) < 4.78 is 39.7. The van der Waals surface area contributed by atoms with E-state index in [9.17, 15) is 13.2 Å². The molecular weight excluding hydrogens is 367 g/mol. The Morgan fingerprint density at radius 3 is 2.46 bits per heavy atom. The van der Waals surface area contributed by atoms with Gasteiger partial charge < -0.3 is 9.88 Å². The Morgan fingerprint density at radius 1 is 1.15 bits per heavy atom. The topological polar surface area (TPSA) is 55.6 Å². The molecular formula is C17H15ClF3N5. The van der Waals surface area contributed by atoms with Gasteiger partial charge in [-0.05, 0) is 24.1 Å². The van der Waals surface area contributed by atoms with Crippen molar-refractivity contribution < 1.29 is 13.2 Å². The molecule has 136 valence electrons. The van der Waals surface area contributed by atoms with E-state index < -0.39 is 11.9 Å². The smallest absolute Gasteiger partial charge is 0.366 e. The second kappa shape index (κ2) is 6.95. The number of benzene rings is 1. The Hall–Kier alpha value is -2.61. The molecule has 2 heterocycles. The van der Waals surface area contributed by atoms with Gasteiger partial charge in [-0.25, -0.2) is 15.0 Å². The van der Waals surface area contributed by atoms with Gasteiger partial charge in [-0.15, -0.1) is 0 Å². The quantitative estimate of drug-likeness (QED) is 0.677. The van der Waals surface area contributed by atoms with E-state index in [0.29, 0.717) is 17.9 Å². The van der Waals surface area contributed by atoms with Crippen molar-refractivity contribution in [1.29, 1.82) is 0 Å². The Morgan fingerprint density at radius 2 is 1.85 bits per heavy atom. The van der Waals surface area contributed by atoms with Crippen LogP contribution in [-0.4, -0.2) is 19.5 Å². The van der Waals surface area contributed by atoms with Gasteiger partial charge in [0.05, 0.1) is 0 Å². The van der Waals surface area contributed by atoms with E-state index in [2.05, 4.69) is 20.3 Å². The summed E-state index contributed by atoms with van der Waals surface area (Å²) >= 11 is 5.78. The number of rotatable bonds is 4. The van der Waals surface area contributed by atoms with Crippen molar-refractivity contribution in [3.63, 3.8) is 0 Å². The molecule has 0 unspecified atom stereocenters. The molecule has 0 aliphatic rings. The maximum Gasteiger partial charge on any atom is 0.434 e. The second-order valence-electron chi connectivity index (χ2n) is 5.78. The molecule has 2 aromatic heterocycles. The summed E-state index contributed by atoms with van der Waals surface area (Å²) in [5.74, 6) is 0.892. The molecule has 0 aliphatic heterocycles. The first kappa shape index (κ1) is 18.2. The first-order valence-corrected chi connectivity index (χ1v) is 8.04. The lowest BCUT2D eigenvalue weighted by Crippen LogP contribution is -2.05. The second-order valence-corrected chi connectivity index (χ2v) is 6.12. The zero-order valence-electron chi connectivity index (χ0n) is 14.0. The Balaban J connectivity index is 1.75. The molecule has 3 rings (SSSR count). The van der Waals surface area contributed by atoms with Crippen LogP contribution in [0, 0.1) is 6.92 Å². The number of anilines is 1. The number of aromatic nitrogens is 4. The normalized spacial score (nSPS) is 11.6. The Labute approximate surface area is 152 Å². The van der Waals surface area contributed by atoms with E-state index in [1.165, 1.54) is 11.6 Å². The first-order valence-electron chi connectivity index (χ1n) is 7.67. The van der Waals surface area contributed by atoms with E-state index in [4.69, 9.17) is 11.6 Å². The van der Waals surface area contributed by atoms with Crippen LogP contribution >= 0.6 is 11.6 Å². The van der Waals surface area contributed by atoms with Gasteiger partial charge in [0.25, 0.3) is 0 Å². The molecule has 0 spiro atoms. The van der Waals surface area contributed by atoms with E-state index in [1.54, 1.807) is 18.3 Å². The third-order valence-corrected chi connectivity index (χ3v) is 3.96. The van der Waals surface area contributed by atoms with Crippen molar-refractivity contribution in [3.05, 3.63) is 58.8 Å². The lowest BCUT2D eigenvalue weighted by atomic mass is 10.1. The summed E-state index contributed by atoms with van der Waals surface area (Å²) in [6.45, 7) is 2.35. The van der Waals surface area contributed by atoms with E-state index in [1.807, 2.05) is 19.1 Å². The number of halogens is 4. The molecule has 9 heteroatoms. The molecule has 0 saturated heterocycles. The minimum atomic E-state index is -4.46. The van der Waals surface area contributed by atoms with E-state index in [0.717, 1.165) is 17.3 Å². The number of nitrogens with one attached hydrogen (secondary N) is 1. The number of hydrogen-bond acceptors (Lipinski definition) is 4. The largest absolute Gasteiger partial charge is 0.434 e. The minimum absolute atomic E-state index is 0.156. The molecule has 0 aliphatic carbocycles. The molecule has 26 heavy (non-hydrogen) atoms. The van der Waals surface area contributed by atoms with E-state index in [-0.39, 0.29) is 11.1 Å². The first-order chi connectivity index (χ1) is 12.2. The zero-order valence-corrected chi connectivity index (χ0v) is 14.7. The van der Waals surface area contributed by atoms with Gasteiger partial charge in [0.2, 0.25) is 5.28 Å². The summed E-state index contributed by atoms with van der Waals surface area (Å²) in [5, 5.41) is 3.32. The molecule has 1 N–H and O–H groups in total. The zero-order chi connectivity index (χ0) is 18.9. The number of nitrogens with zero attached hydrogens (tertiary/aromatic N) is 4. The molecule has 0 amide bonds. The molecule has 0 saturated carbocycles. The maximum atomic E-state index is 12.8. The summed E-state index contributed by atoms with van der Waals surface area (Å²) in [7, 11) is 1.54. The predicted octanol–water partition coefficient (Wildman–Crippen LogP) is 4.47. The number of hydrogen-bond donors (Lipinski definition) is 1. The maximum absolute atomic E-state index is 12.8. The van der Waals surface area contributed by atoms with Crippen molar-refractivity contribution in [2.45, 2.75) is 19.6 Å². The van der Waals surface area contributed by atoms with Crippen molar-refractivity contribution in [2.75, 3.05) is 5.32 Å². The van der Waals surface area contributed by atoms with Crippen LogP contribution in [0.25, 0.3) is 11.4 Å². The Bertz CT molecular complexity index is 919. The monoisotopic (exact) mass is 381 g/mol. The van der Waals surface area contributed by atoms with Crippen molar-refractivity contribution >= 4 is 17.4 Å². The fourth-order valence-corrected chi connectivity index (χ4v) is 2.56. The highest BCUT2D eigenvalue weighted by atomic mass is 35.5. The van der Waals surface area contributed by atoms with Crippen LogP contribution in [0.3, 0.4) is 0 Å². The highest BCUT2D eigenvalue weighted by Gasteiger charge is 2.34. The van der Waals surface area contributed by atoms with Gasteiger partial charge in [0.1, 0.15) is 11.6 Å². The number of alkyl halides is 3. The molecule has 0 bridgehead atoms. The van der Waals surface area contributed by atoms with Crippen LogP contribution in [0.15, 0.2) is 36.7 Å². The molecule has 0 atom stereocenters. The summed E-state index contributed by atoms with van der Waals surface area (Å²) in [6, 6.07) is 7.11. The van der Waals surface area contributed by atoms with Crippen molar-refractivity contribution in [2.24, 2.45) is 7.05 Å². The van der Waals surface area contributed by atoms with Gasteiger partial charge in [0, 0.05) is 37.1 Å². The SMILES string of the molecule is Cc1cnc(Cl)nc1NCc1ccc(-c2nc(C(F)(F)F)cn2C)cc1. The third-order valence-electron chi connectivity index (χ3n) is 3.78. The van der Waals surface area contributed by atoms with Crippen LogP contribution in [0.2, 0.25) is 5.28 Å². The van der Waals surface area contributed by atoms with Crippen LogP contribution in [0.1, 0.15) is 16.8 Å². The van der Waals surface area contributed by atoms with Gasteiger partial charge in [-0.2, -0.15) is 13.2 Å². The van der Waals surface area contributed by atoms with Crippen LogP contribution in [-0.2, 0) is 19.8 Å². The average Bonchev–Trinajstić information content (AvgIpc) is 2.98. The van der Waals surface area contributed by atoms with Gasteiger partial charge in [-0.3, -0.25) is 0 Å². The highest BCUT2D eigenvalue weighted by Crippen LogP contribution is 2.30. The van der Waals surface area contributed by atoms with Gasteiger partial charge >= 0.3 is 6.18 Å². The lowest BCUT2D eigenvalue weighted by Gasteiger charge is -2.09. The fourth-order valence-electron chi connectivity index (χ4n) is 2.43. The van der Waals surface area contributed by atoms with Crippen LogP contribution < -0.4 is 5.32 Å². The van der Waals surface area contributed by atoms with Gasteiger partial charge in [-0.1, -0.05) is 24.3 Å². The molecule has 0 fully saturated rings. The molecule has 5 nitrogen and oxygen atoms in total. The summed E-state index contributed by atoms with van der Waals surface area (Å²) in [5.41, 5.74) is 1.50. The fraction of sp³-hybridized carbons (Fsp3) is 0.235. The van der Waals surface area contributed by atoms with Crippen molar-refractivity contribution in [3.8, 4) is 11.4 Å². The molecule has 0 radical (unpaired) electrons. The molecule has 3 aromatic rings. The third kappa shape index (κ3) is 3.96. The van der Waals surface area contributed by atoms with Crippen LogP contribution in [0.4, 0.5) is 19.0 Å². The van der Waals surface area contributed by atoms with Crippen LogP contribution in [0.5, 0.6) is 0 Å². The Kier molecular flexibility index (Phi) is 4.86.